The predicted octanol–water partition coefficient (Wildman–Crippen LogP) is 1.56. The molecule has 0 spiro atoms. The highest BCUT2D eigenvalue weighted by molar-refractivity contribution is 7.92. The van der Waals surface area contributed by atoms with Crippen LogP contribution in [0.3, 0.4) is 0 Å². The van der Waals surface area contributed by atoms with Crippen LogP contribution in [0, 0.1) is 6.92 Å². The van der Waals surface area contributed by atoms with Crippen molar-refractivity contribution in [2.45, 2.75) is 25.3 Å². The first kappa shape index (κ1) is 15.1. The van der Waals surface area contributed by atoms with Crippen molar-refractivity contribution in [3.05, 3.63) is 52.4 Å². The van der Waals surface area contributed by atoms with Crippen molar-refractivity contribution in [3.8, 4) is 0 Å². The SMILES string of the molecule is CCn1cc(NS(=O)(=O)c2ccc(N)c(C)c2)ccc1=O. The topological polar surface area (TPSA) is 94.2 Å². The van der Waals surface area contributed by atoms with E-state index in [1.54, 1.807) is 13.0 Å². The molecule has 2 rings (SSSR count). The van der Waals surface area contributed by atoms with Crippen LogP contribution in [-0.4, -0.2) is 13.0 Å². The summed E-state index contributed by atoms with van der Waals surface area (Å²) >= 11 is 0. The Morgan fingerprint density at radius 2 is 1.95 bits per heavy atom. The largest absolute Gasteiger partial charge is 0.399 e. The molecule has 1 aromatic heterocycles. The first-order valence-corrected chi connectivity index (χ1v) is 7.91. The van der Waals surface area contributed by atoms with E-state index in [0.717, 1.165) is 0 Å². The smallest absolute Gasteiger partial charge is 0.261 e. The summed E-state index contributed by atoms with van der Waals surface area (Å²) in [6, 6.07) is 7.27. The number of aryl methyl sites for hydroxylation is 2. The standard InChI is InChI=1S/C14H17N3O3S/c1-3-17-9-11(4-7-14(17)18)16-21(19,20)12-5-6-13(15)10(2)8-12/h4-9,16H,3,15H2,1-2H3. The summed E-state index contributed by atoms with van der Waals surface area (Å²) in [6.07, 6.45) is 1.48. The summed E-state index contributed by atoms with van der Waals surface area (Å²) < 4.78 is 28.5. The van der Waals surface area contributed by atoms with Crippen LogP contribution in [0.2, 0.25) is 0 Å². The van der Waals surface area contributed by atoms with Crippen LogP contribution in [0.4, 0.5) is 11.4 Å². The molecule has 0 saturated carbocycles. The number of sulfonamides is 1. The Labute approximate surface area is 123 Å². The van der Waals surface area contributed by atoms with Crippen molar-refractivity contribution < 1.29 is 8.42 Å². The molecule has 0 unspecified atom stereocenters. The molecule has 6 nitrogen and oxygen atoms in total. The maximum absolute atomic E-state index is 12.3. The van der Waals surface area contributed by atoms with Crippen LogP contribution in [0.25, 0.3) is 0 Å². The zero-order valence-corrected chi connectivity index (χ0v) is 12.6. The number of rotatable bonds is 4. The van der Waals surface area contributed by atoms with Crippen molar-refractivity contribution >= 4 is 21.4 Å². The second-order valence-electron chi connectivity index (χ2n) is 4.67. The fourth-order valence-corrected chi connectivity index (χ4v) is 3.00. The van der Waals surface area contributed by atoms with Gasteiger partial charge < -0.3 is 10.3 Å². The van der Waals surface area contributed by atoms with Crippen LogP contribution in [0.1, 0.15) is 12.5 Å². The van der Waals surface area contributed by atoms with Crippen molar-refractivity contribution in [1.29, 1.82) is 0 Å². The summed E-state index contributed by atoms with van der Waals surface area (Å²) in [5.41, 5.74) is 7.07. The molecule has 21 heavy (non-hydrogen) atoms. The van der Waals surface area contributed by atoms with E-state index in [4.69, 9.17) is 5.73 Å². The second kappa shape index (κ2) is 5.61. The Balaban J connectivity index is 2.37. The Hall–Kier alpha value is -2.28. The number of anilines is 2. The van der Waals surface area contributed by atoms with Crippen molar-refractivity contribution in [2.24, 2.45) is 0 Å². The highest BCUT2D eigenvalue weighted by atomic mass is 32.2. The third kappa shape index (κ3) is 3.25. The van der Waals surface area contributed by atoms with Gasteiger partial charge >= 0.3 is 0 Å². The van der Waals surface area contributed by atoms with Crippen LogP contribution in [0.5, 0.6) is 0 Å². The quantitative estimate of drug-likeness (QED) is 0.838. The molecule has 0 fully saturated rings. The van der Waals surface area contributed by atoms with E-state index in [1.807, 2.05) is 6.92 Å². The van der Waals surface area contributed by atoms with Crippen molar-refractivity contribution in [1.82, 2.24) is 4.57 Å². The lowest BCUT2D eigenvalue weighted by Crippen LogP contribution is -2.20. The second-order valence-corrected chi connectivity index (χ2v) is 6.35. The molecule has 0 saturated heterocycles. The average Bonchev–Trinajstić information content (AvgIpc) is 2.43. The van der Waals surface area contributed by atoms with Gasteiger partial charge in [0.15, 0.2) is 0 Å². The monoisotopic (exact) mass is 307 g/mol. The third-order valence-corrected chi connectivity index (χ3v) is 4.51. The molecule has 7 heteroatoms. The van der Waals surface area contributed by atoms with E-state index in [9.17, 15) is 13.2 Å². The van der Waals surface area contributed by atoms with Crippen LogP contribution in [0.15, 0.2) is 46.2 Å². The average molecular weight is 307 g/mol. The van der Waals surface area contributed by atoms with E-state index in [0.29, 0.717) is 23.5 Å². The van der Waals surface area contributed by atoms with Gasteiger partial charge in [0, 0.05) is 24.5 Å². The molecule has 3 N–H and O–H groups in total. The summed E-state index contributed by atoms with van der Waals surface area (Å²) in [6.45, 7) is 4.02. The van der Waals surface area contributed by atoms with Gasteiger partial charge in [-0.05, 0) is 43.7 Å². The van der Waals surface area contributed by atoms with E-state index < -0.39 is 10.0 Å². The van der Waals surface area contributed by atoms with Gasteiger partial charge in [-0.3, -0.25) is 9.52 Å². The molecule has 0 amide bonds. The number of hydrogen-bond acceptors (Lipinski definition) is 4. The fraction of sp³-hybridized carbons (Fsp3) is 0.214. The molecule has 112 valence electrons. The van der Waals surface area contributed by atoms with E-state index >= 15 is 0 Å². The summed E-state index contributed by atoms with van der Waals surface area (Å²) in [5.74, 6) is 0. The van der Waals surface area contributed by atoms with Gasteiger partial charge in [0.1, 0.15) is 0 Å². The molecule has 0 aliphatic carbocycles. The summed E-state index contributed by atoms with van der Waals surface area (Å²) in [4.78, 5) is 11.6. The van der Waals surface area contributed by atoms with Crippen LogP contribution in [-0.2, 0) is 16.6 Å². The van der Waals surface area contributed by atoms with Gasteiger partial charge in [0.2, 0.25) is 0 Å². The Kier molecular flexibility index (Phi) is 4.04. The van der Waals surface area contributed by atoms with E-state index in [2.05, 4.69) is 4.72 Å². The minimum Gasteiger partial charge on any atom is -0.399 e. The number of pyridine rings is 1. The van der Waals surface area contributed by atoms with E-state index in [-0.39, 0.29) is 10.5 Å². The lowest BCUT2D eigenvalue weighted by atomic mass is 10.2. The molecule has 0 radical (unpaired) electrons. The maximum Gasteiger partial charge on any atom is 0.261 e. The fourth-order valence-electron chi connectivity index (χ4n) is 1.87. The zero-order valence-electron chi connectivity index (χ0n) is 11.8. The molecule has 2 aromatic rings. The molecule has 0 atom stereocenters. The summed E-state index contributed by atoms with van der Waals surface area (Å²) in [5, 5.41) is 0. The minimum atomic E-state index is -3.71. The number of nitrogen functional groups attached to an aromatic ring is 1. The van der Waals surface area contributed by atoms with Crippen LogP contribution < -0.4 is 16.0 Å². The molecule has 0 aliphatic rings. The number of nitrogens with two attached hydrogens (primary N) is 1. The Morgan fingerprint density at radius 3 is 2.57 bits per heavy atom. The molecular weight excluding hydrogens is 290 g/mol. The number of aromatic nitrogens is 1. The highest BCUT2D eigenvalue weighted by Crippen LogP contribution is 2.19. The highest BCUT2D eigenvalue weighted by Gasteiger charge is 2.15. The molecule has 0 aliphatic heterocycles. The van der Waals surface area contributed by atoms with Gasteiger partial charge in [-0.15, -0.1) is 0 Å². The van der Waals surface area contributed by atoms with Crippen molar-refractivity contribution in [3.63, 3.8) is 0 Å². The first-order chi connectivity index (χ1) is 9.83. The molecule has 1 heterocycles. The van der Waals surface area contributed by atoms with Gasteiger partial charge in [-0.1, -0.05) is 0 Å². The Bertz CT molecular complexity index is 826. The summed E-state index contributed by atoms with van der Waals surface area (Å²) in [7, 11) is -3.71. The number of benzene rings is 1. The number of hydrogen-bond donors (Lipinski definition) is 2. The first-order valence-electron chi connectivity index (χ1n) is 6.43. The predicted molar refractivity (Wildman–Crippen MR) is 82.8 cm³/mol. The van der Waals surface area contributed by atoms with E-state index in [1.165, 1.54) is 35.0 Å². The zero-order chi connectivity index (χ0) is 15.6. The van der Waals surface area contributed by atoms with Gasteiger partial charge in [-0.25, -0.2) is 8.42 Å². The maximum atomic E-state index is 12.3. The number of nitrogens with zero attached hydrogens (tertiary/aromatic N) is 1. The van der Waals surface area contributed by atoms with Gasteiger partial charge in [0.25, 0.3) is 15.6 Å². The molecule has 1 aromatic carbocycles. The normalized spacial score (nSPS) is 11.3. The van der Waals surface area contributed by atoms with Crippen LogP contribution >= 0.6 is 0 Å². The molecule has 0 bridgehead atoms. The lowest BCUT2D eigenvalue weighted by molar-refractivity contribution is 0.601. The lowest BCUT2D eigenvalue weighted by Gasteiger charge is -2.11. The van der Waals surface area contributed by atoms with Crippen molar-refractivity contribution in [2.75, 3.05) is 10.5 Å². The van der Waals surface area contributed by atoms with Gasteiger partial charge in [-0.2, -0.15) is 0 Å². The number of nitrogens with one attached hydrogen (secondary N) is 1. The molecular formula is C14H17N3O3S. The van der Waals surface area contributed by atoms with Gasteiger partial charge in [0.05, 0.1) is 10.6 Å². The third-order valence-electron chi connectivity index (χ3n) is 3.13. The minimum absolute atomic E-state index is 0.128. The Morgan fingerprint density at radius 1 is 1.24 bits per heavy atom.